The van der Waals surface area contributed by atoms with Crippen molar-refractivity contribution >= 4 is 12.0 Å². The first-order chi connectivity index (χ1) is 18.3. The lowest BCUT2D eigenvalue weighted by atomic mass is 9.73. The van der Waals surface area contributed by atoms with Crippen LogP contribution in [0.4, 0.5) is 4.79 Å². The molecule has 3 heterocycles. The first-order valence-electron chi connectivity index (χ1n) is 14.2. The maximum atomic E-state index is 13.9. The smallest absolute Gasteiger partial charge is 0.410 e. The maximum absolute atomic E-state index is 13.9. The first kappa shape index (κ1) is 28.6. The van der Waals surface area contributed by atoms with E-state index < -0.39 is 11.0 Å². The molecule has 0 aromatic heterocycles. The maximum Gasteiger partial charge on any atom is 0.410 e. The van der Waals surface area contributed by atoms with E-state index in [-0.39, 0.29) is 12.0 Å². The van der Waals surface area contributed by atoms with Crippen molar-refractivity contribution in [2.75, 3.05) is 78.8 Å². The Labute approximate surface area is 227 Å². The summed E-state index contributed by atoms with van der Waals surface area (Å²) in [7, 11) is 0. The van der Waals surface area contributed by atoms with Gasteiger partial charge in [0.15, 0.2) is 0 Å². The normalized spacial score (nSPS) is 21.0. The van der Waals surface area contributed by atoms with E-state index in [0.29, 0.717) is 58.8 Å². The van der Waals surface area contributed by atoms with E-state index in [2.05, 4.69) is 4.90 Å². The molecule has 3 saturated heterocycles. The van der Waals surface area contributed by atoms with Crippen LogP contribution in [0.25, 0.3) is 0 Å². The molecule has 2 amide bonds. The predicted molar refractivity (Wildman–Crippen MR) is 145 cm³/mol. The molecular weight excluding hydrogens is 486 g/mol. The van der Waals surface area contributed by atoms with Crippen LogP contribution in [-0.2, 0) is 24.4 Å². The molecule has 0 atom stereocenters. The minimum Gasteiger partial charge on any atom is -0.494 e. The second-order valence-corrected chi connectivity index (χ2v) is 11.5. The molecule has 0 unspecified atom stereocenters. The Morgan fingerprint density at radius 2 is 1.53 bits per heavy atom. The lowest BCUT2D eigenvalue weighted by Crippen LogP contribution is -2.57. The van der Waals surface area contributed by atoms with Gasteiger partial charge < -0.3 is 33.6 Å². The Morgan fingerprint density at radius 3 is 2.21 bits per heavy atom. The molecule has 0 bridgehead atoms. The molecule has 3 aliphatic rings. The number of carbonyl (C=O) groups excluding carboxylic acids is 2. The van der Waals surface area contributed by atoms with Crippen molar-refractivity contribution in [3.8, 4) is 5.75 Å². The summed E-state index contributed by atoms with van der Waals surface area (Å²) in [6.45, 7) is 14.1. The minimum atomic E-state index is -0.611. The summed E-state index contributed by atoms with van der Waals surface area (Å²) in [4.78, 5) is 32.4. The number of piperazine rings is 1. The van der Waals surface area contributed by atoms with E-state index in [1.54, 1.807) is 4.90 Å². The third-order valence-corrected chi connectivity index (χ3v) is 7.58. The highest BCUT2D eigenvalue weighted by Gasteiger charge is 2.45. The Balaban J connectivity index is 1.32. The third-order valence-electron chi connectivity index (χ3n) is 7.58. The largest absolute Gasteiger partial charge is 0.494 e. The van der Waals surface area contributed by atoms with Gasteiger partial charge in [0.25, 0.3) is 0 Å². The van der Waals surface area contributed by atoms with Gasteiger partial charge in [0, 0.05) is 65.6 Å². The molecule has 4 rings (SSSR count). The number of nitrogens with zero attached hydrogens (tertiary/aromatic N) is 3. The average molecular weight is 532 g/mol. The van der Waals surface area contributed by atoms with Gasteiger partial charge in [-0.05, 0) is 64.2 Å². The topological polar surface area (TPSA) is 80.8 Å². The van der Waals surface area contributed by atoms with Crippen molar-refractivity contribution in [1.29, 1.82) is 0 Å². The number of rotatable bonds is 7. The van der Waals surface area contributed by atoms with Crippen LogP contribution in [0.5, 0.6) is 5.75 Å². The van der Waals surface area contributed by atoms with E-state index >= 15 is 0 Å². The second kappa shape index (κ2) is 13.1. The molecule has 9 heteroatoms. The molecule has 0 spiro atoms. The molecule has 212 valence electrons. The average Bonchev–Trinajstić information content (AvgIpc) is 3.19. The van der Waals surface area contributed by atoms with Crippen LogP contribution >= 0.6 is 0 Å². The van der Waals surface area contributed by atoms with Crippen molar-refractivity contribution in [3.63, 3.8) is 0 Å². The van der Waals surface area contributed by atoms with Crippen LogP contribution in [0, 0.1) is 0 Å². The van der Waals surface area contributed by atoms with Crippen molar-refractivity contribution in [2.45, 2.75) is 57.5 Å². The van der Waals surface area contributed by atoms with Gasteiger partial charge in [-0.25, -0.2) is 4.79 Å². The monoisotopic (exact) mass is 531 g/mol. The van der Waals surface area contributed by atoms with Gasteiger partial charge in [-0.3, -0.25) is 4.79 Å². The number of benzene rings is 1. The molecule has 1 aromatic carbocycles. The highest BCUT2D eigenvalue weighted by molar-refractivity contribution is 5.88. The molecule has 9 nitrogen and oxygen atoms in total. The Kier molecular flexibility index (Phi) is 9.90. The SMILES string of the molecule is CC(C)(C)OC(=O)N1CCN(C(=O)C2(c3ccc(OCCCN4CCCOCC4)cc3)CCOCC2)CC1. The van der Waals surface area contributed by atoms with Crippen LogP contribution in [0.1, 0.15) is 52.0 Å². The quantitative estimate of drug-likeness (QED) is 0.500. The van der Waals surface area contributed by atoms with Crippen LogP contribution in [0.2, 0.25) is 0 Å². The van der Waals surface area contributed by atoms with Gasteiger partial charge in [0.1, 0.15) is 11.4 Å². The second-order valence-electron chi connectivity index (χ2n) is 11.5. The highest BCUT2D eigenvalue weighted by atomic mass is 16.6. The van der Waals surface area contributed by atoms with Gasteiger partial charge in [-0.1, -0.05) is 12.1 Å². The van der Waals surface area contributed by atoms with Gasteiger partial charge in [-0.2, -0.15) is 0 Å². The van der Waals surface area contributed by atoms with Crippen LogP contribution < -0.4 is 4.74 Å². The first-order valence-corrected chi connectivity index (χ1v) is 14.2. The van der Waals surface area contributed by atoms with E-state index in [1.807, 2.05) is 49.9 Å². The van der Waals surface area contributed by atoms with Crippen molar-refractivity contribution in [3.05, 3.63) is 29.8 Å². The van der Waals surface area contributed by atoms with E-state index in [0.717, 1.165) is 57.0 Å². The summed E-state index contributed by atoms with van der Waals surface area (Å²) >= 11 is 0. The van der Waals surface area contributed by atoms with Gasteiger partial charge in [0.2, 0.25) is 5.91 Å². The molecule has 0 aliphatic carbocycles. The van der Waals surface area contributed by atoms with Crippen LogP contribution in [0.3, 0.4) is 0 Å². The number of ether oxygens (including phenoxy) is 4. The van der Waals surface area contributed by atoms with Crippen molar-refractivity contribution in [2.24, 2.45) is 0 Å². The molecule has 0 saturated carbocycles. The number of carbonyl (C=O) groups is 2. The van der Waals surface area contributed by atoms with Crippen molar-refractivity contribution < 1.29 is 28.5 Å². The van der Waals surface area contributed by atoms with Crippen LogP contribution in [-0.4, -0.2) is 111 Å². The number of hydrogen-bond donors (Lipinski definition) is 0. The molecule has 3 aliphatic heterocycles. The van der Waals surface area contributed by atoms with Crippen LogP contribution in [0.15, 0.2) is 24.3 Å². The Bertz CT molecular complexity index is 894. The summed E-state index contributed by atoms with van der Waals surface area (Å²) in [5, 5.41) is 0. The molecular formula is C29H45N3O6. The van der Waals surface area contributed by atoms with E-state index in [1.165, 1.54) is 0 Å². The summed E-state index contributed by atoms with van der Waals surface area (Å²) < 4.78 is 22.7. The Morgan fingerprint density at radius 1 is 0.868 bits per heavy atom. The lowest BCUT2D eigenvalue weighted by Gasteiger charge is -2.43. The zero-order chi connectivity index (χ0) is 27.0. The zero-order valence-corrected chi connectivity index (χ0v) is 23.4. The van der Waals surface area contributed by atoms with Gasteiger partial charge in [-0.15, -0.1) is 0 Å². The number of amides is 2. The third kappa shape index (κ3) is 7.61. The fourth-order valence-electron chi connectivity index (χ4n) is 5.44. The summed E-state index contributed by atoms with van der Waals surface area (Å²) in [6, 6.07) is 8.06. The molecule has 0 radical (unpaired) electrons. The lowest BCUT2D eigenvalue weighted by molar-refractivity contribution is -0.143. The van der Waals surface area contributed by atoms with Crippen molar-refractivity contribution in [1.82, 2.24) is 14.7 Å². The zero-order valence-electron chi connectivity index (χ0n) is 23.4. The molecule has 0 N–H and O–H groups in total. The fourth-order valence-corrected chi connectivity index (χ4v) is 5.44. The fraction of sp³-hybridized carbons (Fsp3) is 0.724. The summed E-state index contributed by atoms with van der Waals surface area (Å²) in [5.74, 6) is 0.952. The minimum absolute atomic E-state index is 0.125. The van der Waals surface area contributed by atoms with E-state index in [9.17, 15) is 9.59 Å². The van der Waals surface area contributed by atoms with Gasteiger partial charge in [0.05, 0.1) is 18.6 Å². The summed E-state index contributed by atoms with van der Waals surface area (Å²) in [5.41, 5.74) is -0.134. The standard InChI is InChI=1S/C29H45N3O6/c1-28(2,3)38-27(34)32-16-14-31(15-17-32)26(33)29(10-21-36-22-11-29)24-6-8-25(9-7-24)37-20-5-13-30-12-4-19-35-23-18-30/h6-9H,4-5,10-23H2,1-3H3. The summed E-state index contributed by atoms with van der Waals surface area (Å²) in [6.07, 6.45) is 3.04. The molecule has 3 fully saturated rings. The highest BCUT2D eigenvalue weighted by Crippen LogP contribution is 2.38. The van der Waals surface area contributed by atoms with E-state index in [4.69, 9.17) is 18.9 Å². The number of hydrogen-bond acceptors (Lipinski definition) is 7. The van der Waals surface area contributed by atoms with Gasteiger partial charge >= 0.3 is 6.09 Å². The predicted octanol–water partition coefficient (Wildman–Crippen LogP) is 3.31. The molecule has 1 aromatic rings. The Hall–Kier alpha value is -2.36. The molecule has 38 heavy (non-hydrogen) atoms.